The Morgan fingerprint density at radius 2 is 1.62 bits per heavy atom. The van der Waals surface area contributed by atoms with Crippen molar-refractivity contribution in [2.24, 2.45) is 0 Å². The number of amides is 3. The Morgan fingerprint density at radius 3 is 2.28 bits per heavy atom. The van der Waals surface area contributed by atoms with Crippen molar-refractivity contribution >= 4 is 23.6 Å². The molecule has 154 valence electrons. The molecule has 0 fully saturated rings. The van der Waals surface area contributed by atoms with Crippen molar-refractivity contribution < 1.29 is 33.3 Å². The fourth-order valence-corrected chi connectivity index (χ4v) is 2.22. The van der Waals surface area contributed by atoms with Crippen LogP contribution in [-0.2, 0) is 14.3 Å². The summed E-state index contributed by atoms with van der Waals surface area (Å²) in [7, 11) is 3.01. The molecule has 29 heavy (non-hydrogen) atoms. The zero-order valence-electron chi connectivity index (χ0n) is 16.3. The maximum absolute atomic E-state index is 11.8. The first kappa shape index (κ1) is 21.5. The van der Waals surface area contributed by atoms with Crippen LogP contribution in [-0.4, -0.2) is 45.3 Å². The normalized spacial score (nSPS) is 9.90. The number of nitrogens with one attached hydrogen (secondary N) is 2. The van der Waals surface area contributed by atoms with E-state index in [1.807, 2.05) is 6.92 Å². The Hall–Kier alpha value is -3.75. The minimum atomic E-state index is -0.780. The molecule has 0 aliphatic heterocycles. The second kappa shape index (κ2) is 10.5. The number of benzene rings is 2. The van der Waals surface area contributed by atoms with Crippen LogP contribution in [0.4, 0.5) is 10.5 Å². The number of esters is 1. The number of anilines is 1. The molecule has 0 radical (unpaired) electrons. The minimum absolute atomic E-state index is 0.373. The maximum Gasteiger partial charge on any atom is 0.344 e. The lowest BCUT2D eigenvalue weighted by Crippen LogP contribution is -2.37. The summed E-state index contributed by atoms with van der Waals surface area (Å²) in [5, 5.41) is 4.52. The van der Waals surface area contributed by atoms with E-state index < -0.39 is 31.1 Å². The third kappa shape index (κ3) is 7.06. The molecular formula is C20H22N2O7. The van der Waals surface area contributed by atoms with Gasteiger partial charge in [0.2, 0.25) is 0 Å². The Balaban J connectivity index is 1.72. The van der Waals surface area contributed by atoms with Gasteiger partial charge >= 0.3 is 12.0 Å². The first-order chi connectivity index (χ1) is 13.9. The number of imide groups is 1. The molecule has 0 aromatic heterocycles. The first-order valence-corrected chi connectivity index (χ1v) is 8.59. The number of aryl methyl sites for hydroxylation is 1. The van der Waals surface area contributed by atoms with E-state index in [0.717, 1.165) is 5.56 Å². The largest absolute Gasteiger partial charge is 0.497 e. The van der Waals surface area contributed by atoms with Crippen LogP contribution in [0.15, 0.2) is 42.5 Å². The molecule has 0 unspecified atom stereocenters. The fraction of sp³-hybridized carbons (Fsp3) is 0.250. The van der Waals surface area contributed by atoms with Gasteiger partial charge in [0, 0.05) is 5.69 Å². The standard InChI is InChI=1S/C20H22N2O7/c1-13-4-9-16(17(10-13)27-3)28-12-19(24)29-11-18(23)22-20(25)21-14-5-7-15(26-2)8-6-14/h4-10H,11-12H2,1-3H3,(H2,21,22,23,25). The summed E-state index contributed by atoms with van der Waals surface area (Å²) in [5.74, 6) is -0.0656. The molecule has 2 N–H and O–H groups in total. The topological polar surface area (TPSA) is 112 Å². The average molecular weight is 402 g/mol. The van der Waals surface area contributed by atoms with E-state index in [1.165, 1.54) is 14.2 Å². The Bertz CT molecular complexity index is 866. The molecule has 0 spiro atoms. The van der Waals surface area contributed by atoms with Gasteiger partial charge in [0.15, 0.2) is 24.7 Å². The zero-order valence-corrected chi connectivity index (χ0v) is 16.3. The van der Waals surface area contributed by atoms with Crippen molar-refractivity contribution in [3.63, 3.8) is 0 Å². The highest BCUT2D eigenvalue weighted by atomic mass is 16.6. The molecule has 0 saturated carbocycles. The van der Waals surface area contributed by atoms with Crippen LogP contribution in [0.25, 0.3) is 0 Å². The van der Waals surface area contributed by atoms with E-state index in [9.17, 15) is 14.4 Å². The number of hydrogen-bond acceptors (Lipinski definition) is 7. The van der Waals surface area contributed by atoms with E-state index in [0.29, 0.717) is 22.9 Å². The first-order valence-electron chi connectivity index (χ1n) is 8.59. The van der Waals surface area contributed by atoms with Crippen molar-refractivity contribution in [2.75, 3.05) is 32.8 Å². The van der Waals surface area contributed by atoms with Crippen molar-refractivity contribution in [1.29, 1.82) is 0 Å². The lowest BCUT2D eigenvalue weighted by atomic mass is 10.2. The van der Waals surface area contributed by atoms with Crippen LogP contribution in [0, 0.1) is 6.92 Å². The van der Waals surface area contributed by atoms with Gasteiger partial charge in [-0.1, -0.05) is 6.07 Å². The van der Waals surface area contributed by atoms with E-state index in [2.05, 4.69) is 10.6 Å². The highest BCUT2D eigenvalue weighted by Gasteiger charge is 2.13. The van der Waals surface area contributed by atoms with Crippen LogP contribution in [0.1, 0.15) is 5.56 Å². The van der Waals surface area contributed by atoms with Gasteiger partial charge < -0.3 is 24.3 Å². The van der Waals surface area contributed by atoms with Crippen LogP contribution in [0.2, 0.25) is 0 Å². The molecule has 0 bridgehead atoms. The molecule has 0 aliphatic carbocycles. The molecule has 2 aromatic carbocycles. The quantitative estimate of drug-likeness (QED) is 0.652. The molecule has 3 amide bonds. The average Bonchev–Trinajstić information content (AvgIpc) is 2.71. The molecule has 2 aromatic rings. The van der Waals surface area contributed by atoms with Gasteiger partial charge in [-0.25, -0.2) is 9.59 Å². The van der Waals surface area contributed by atoms with Gasteiger partial charge in [-0.05, 0) is 48.9 Å². The Labute approximate surface area is 167 Å². The SMILES string of the molecule is COc1ccc(NC(=O)NC(=O)COC(=O)COc2ccc(C)cc2OC)cc1. The molecule has 9 heteroatoms. The van der Waals surface area contributed by atoms with Crippen molar-refractivity contribution in [3.8, 4) is 17.2 Å². The number of carbonyl (C=O) groups excluding carboxylic acids is 3. The van der Waals surface area contributed by atoms with E-state index >= 15 is 0 Å². The summed E-state index contributed by atoms with van der Waals surface area (Å²) in [5.41, 5.74) is 1.44. The van der Waals surface area contributed by atoms with E-state index in [1.54, 1.807) is 42.5 Å². The number of urea groups is 1. The Morgan fingerprint density at radius 1 is 0.897 bits per heavy atom. The molecular weight excluding hydrogens is 380 g/mol. The summed E-state index contributed by atoms with van der Waals surface area (Å²) in [6, 6.07) is 11.0. The number of ether oxygens (including phenoxy) is 4. The minimum Gasteiger partial charge on any atom is -0.497 e. The third-order valence-electron chi connectivity index (χ3n) is 3.63. The molecule has 0 saturated heterocycles. The second-order valence-electron chi connectivity index (χ2n) is 5.83. The van der Waals surface area contributed by atoms with Gasteiger partial charge in [0.05, 0.1) is 14.2 Å². The highest BCUT2D eigenvalue weighted by molar-refractivity contribution is 6.01. The van der Waals surface area contributed by atoms with Crippen LogP contribution >= 0.6 is 0 Å². The van der Waals surface area contributed by atoms with Crippen molar-refractivity contribution in [1.82, 2.24) is 5.32 Å². The summed E-state index contributed by atoms with van der Waals surface area (Å²) >= 11 is 0. The molecule has 2 rings (SSSR count). The predicted octanol–water partition coefficient (Wildman–Crippen LogP) is 2.28. The van der Waals surface area contributed by atoms with Crippen molar-refractivity contribution in [3.05, 3.63) is 48.0 Å². The van der Waals surface area contributed by atoms with E-state index in [4.69, 9.17) is 18.9 Å². The van der Waals surface area contributed by atoms with Crippen LogP contribution in [0.3, 0.4) is 0 Å². The molecule has 9 nitrogen and oxygen atoms in total. The number of methoxy groups -OCH3 is 2. The van der Waals surface area contributed by atoms with Gasteiger partial charge in [0.25, 0.3) is 5.91 Å². The summed E-state index contributed by atoms with van der Waals surface area (Å²) in [6.07, 6.45) is 0. The number of rotatable bonds is 8. The monoisotopic (exact) mass is 402 g/mol. The fourth-order valence-electron chi connectivity index (χ4n) is 2.22. The van der Waals surface area contributed by atoms with Gasteiger partial charge in [-0.3, -0.25) is 10.1 Å². The summed E-state index contributed by atoms with van der Waals surface area (Å²) in [4.78, 5) is 35.3. The van der Waals surface area contributed by atoms with Gasteiger partial charge in [-0.2, -0.15) is 0 Å². The summed E-state index contributed by atoms with van der Waals surface area (Å²) < 4.78 is 20.3. The lowest BCUT2D eigenvalue weighted by Gasteiger charge is -2.11. The zero-order chi connectivity index (χ0) is 21.2. The van der Waals surface area contributed by atoms with Crippen LogP contribution < -0.4 is 24.8 Å². The third-order valence-corrected chi connectivity index (χ3v) is 3.63. The number of carbonyl (C=O) groups is 3. The summed E-state index contributed by atoms with van der Waals surface area (Å²) in [6.45, 7) is 0.859. The molecule has 0 atom stereocenters. The number of hydrogen-bond donors (Lipinski definition) is 2. The van der Waals surface area contributed by atoms with E-state index in [-0.39, 0.29) is 0 Å². The molecule has 0 heterocycles. The Kier molecular flexibility index (Phi) is 7.84. The lowest BCUT2D eigenvalue weighted by molar-refractivity contribution is -0.150. The maximum atomic E-state index is 11.8. The van der Waals surface area contributed by atoms with Gasteiger partial charge in [0.1, 0.15) is 5.75 Å². The van der Waals surface area contributed by atoms with Crippen molar-refractivity contribution in [2.45, 2.75) is 6.92 Å². The smallest absolute Gasteiger partial charge is 0.344 e. The second-order valence-corrected chi connectivity index (χ2v) is 5.83. The van der Waals surface area contributed by atoms with Gasteiger partial charge in [-0.15, -0.1) is 0 Å². The van der Waals surface area contributed by atoms with Crippen LogP contribution in [0.5, 0.6) is 17.2 Å². The highest BCUT2D eigenvalue weighted by Crippen LogP contribution is 2.27. The predicted molar refractivity (Wildman–Crippen MR) is 104 cm³/mol. The molecule has 0 aliphatic rings.